The molecule has 2 nitrogen and oxygen atoms in total. The number of carbonyl (C=O) groups is 1. The molecule has 0 radical (unpaired) electrons. The Balaban J connectivity index is 2.03. The van der Waals surface area contributed by atoms with Crippen LogP contribution in [-0.4, -0.2) is 18.4 Å². The molecule has 2 heteroatoms. The van der Waals surface area contributed by atoms with Gasteiger partial charge in [-0.1, -0.05) is 61.5 Å². The van der Waals surface area contributed by atoms with Crippen molar-refractivity contribution >= 4 is 5.78 Å². The van der Waals surface area contributed by atoms with Crippen LogP contribution in [0.15, 0.2) is 54.6 Å². The van der Waals surface area contributed by atoms with Crippen LogP contribution in [0.25, 0.3) is 11.1 Å². The Labute approximate surface area is 120 Å². The lowest BCUT2D eigenvalue weighted by atomic mass is 10.0. The van der Waals surface area contributed by atoms with Gasteiger partial charge in [0.1, 0.15) is 0 Å². The third-order valence-corrected chi connectivity index (χ3v) is 3.54. The Morgan fingerprint density at radius 1 is 1.00 bits per heavy atom. The molecular weight excluding hydrogens is 246 g/mol. The number of carbonyl (C=O) groups excluding carboxylic acids is 1. The Bertz CT molecular complexity index is 545. The van der Waals surface area contributed by atoms with Crippen LogP contribution in [0.1, 0.15) is 30.6 Å². The zero-order chi connectivity index (χ0) is 14.4. The summed E-state index contributed by atoms with van der Waals surface area (Å²) in [6.07, 6.45) is 1.03. The van der Waals surface area contributed by atoms with E-state index in [2.05, 4.69) is 31.3 Å². The number of nitrogens with one attached hydrogen (secondary N) is 1. The number of ketones is 1. The molecule has 104 valence electrons. The van der Waals surface area contributed by atoms with Crippen LogP contribution in [0.4, 0.5) is 0 Å². The summed E-state index contributed by atoms with van der Waals surface area (Å²) in [5.74, 6) is 0.143. The van der Waals surface area contributed by atoms with E-state index in [1.807, 2.05) is 42.5 Å². The van der Waals surface area contributed by atoms with Crippen molar-refractivity contribution in [2.24, 2.45) is 0 Å². The molecule has 0 heterocycles. The molecule has 2 aromatic rings. The summed E-state index contributed by atoms with van der Waals surface area (Å²) >= 11 is 0. The average molecular weight is 267 g/mol. The second-order valence-electron chi connectivity index (χ2n) is 5.06. The van der Waals surface area contributed by atoms with Crippen LogP contribution in [0.3, 0.4) is 0 Å². The largest absolute Gasteiger partial charge is 0.307 e. The van der Waals surface area contributed by atoms with Crippen molar-refractivity contribution in [3.05, 3.63) is 60.2 Å². The Kier molecular flexibility index (Phi) is 5.08. The Morgan fingerprint density at radius 2 is 1.60 bits per heavy atom. The number of benzene rings is 2. The van der Waals surface area contributed by atoms with E-state index >= 15 is 0 Å². The van der Waals surface area contributed by atoms with Gasteiger partial charge in [-0.15, -0.1) is 0 Å². The maximum absolute atomic E-state index is 12.1. The fraction of sp³-hybridized carbons (Fsp3) is 0.278. The lowest BCUT2D eigenvalue weighted by Gasteiger charge is -2.10. The molecule has 0 saturated heterocycles. The lowest BCUT2D eigenvalue weighted by Crippen LogP contribution is -2.30. The van der Waals surface area contributed by atoms with Crippen molar-refractivity contribution in [2.75, 3.05) is 6.54 Å². The lowest BCUT2D eigenvalue weighted by molar-refractivity contribution is 0.0987. The van der Waals surface area contributed by atoms with Gasteiger partial charge < -0.3 is 5.32 Å². The quantitative estimate of drug-likeness (QED) is 0.804. The average Bonchev–Trinajstić information content (AvgIpc) is 2.53. The maximum atomic E-state index is 12.1. The molecule has 2 rings (SSSR count). The van der Waals surface area contributed by atoms with Crippen molar-refractivity contribution in [1.82, 2.24) is 5.32 Å². The minimum absolute atomic E-state index is 0.143. The fourth-order valence-electron chi connectivity index (χ4n) is 1.99. The number of hydrogen-bond donors (Lipinski definition) is 1. The van der Waals surface area contributed by atoms with Gasteiger partial charge in [-0.25, -0.2) is 0 Å². The van der Waals surface area contributed by atoms with Gasteiger partial charge in [-0.3, -0.25) is 4.79 Å². The van der Waals surface area contributed by atoms with Gasteiger partial charge in [0, 0.05) is 11.6 Å². The zero-order valence-corrected chi connectivity index (χ0v) is 12.1. The first-order chi connectivity index (χ1) is 9.70. The molecule has 1 unspecified atom stereocenters. The Hall–Kier alpha value is -1.93. The molecule has 0 saturated carbocycles. The first kappa shape index (κ1) is 14.5. The molecule has 1 N–H and O–H groups in total. The number of hydrogen-bond acceptors (Lipinski definition) is 2. The molecule has 0 fully saturated rings. The van der Waals surface area contributed by atoms with Gasteiger partial charge in [0.05, 0.1) is 6.54 Å². The zero-order valence-electron chi connectivity index (χ0n) is 12.1. The van der Waals surface area contributed by atoms with Crippen LogP contribution < -0.4 is 5.32 Å². The summed E-state index contributed by atoms with van der Waals surface area (Å²) in [6, 6.07) is 18.4. The van der Waals surface area contributed by atoms with Crippen LogP contribution in [-0.2, 0) is 0 Å². The number of rotatable bonds is 6. The molecule has 0 bridgehead atoms. The van der Waals surface area contributed by atoms with E-state index in [1.165, 1.54) is 5.56 Å². The van der Waals surface area contributed by atoms with Crippen molar-refractivity contribution in [2.45, 2.75) is 26.3 Å². The summed E-state index contributed by atoms with van der Waals surface area (Å²) in [5, 5.41) is 3.23. The van der Waals surface area contributed by atoms with Gasteiger partial charge in [0.25, 0.3) is 0 Å². The van der Waals surface area contributed by atoms with Gasteiger partial charge in [0.2, 0.25) is 0 Å². The second kappa shape index (κ2) is 7.01. The normalized spacial score (nSPS) is 12.1. The molecule has 0 spiro atoms. The van der Waals surface area contributed by atoms with E-state index in [-0.39, 0.29) is 5.78 Å². The predicted molar refractivity (Wildman–Crippen MR) is 84.0 cm³/mol. The van der Waals surface area contributed by atoms with E-state index in [0.717, 1.165) is 17.5 Å². The van der Waals surface area contributed by atoms with Crippen molar-refractivity contribution < 1.29 is 4.79 Å². The molecule has 0 amide bonds. The third-order valence-electron chi connectivity index (χ3n) is 3.54. The molecule has 0 aliphatic rings. The molecule has 1 atom stereocenters. The molecular formula is C18H21NO. The van der Waals surface area contributed by atoms with E-state index in [0.29, 0.717) is 12.6 Å². The molecule has 0 aliphatic carbocycles. The fourth-order valence-corrected chi connectivity index (χ4v) is 1.99. The van der Waals surface area contributed by atoms with Gasteiger partial charge >= 0.3 is 0 Å². The predicted octanol–water partition coefficient (Wildman–Crippen LogP) is 3.92. The smallest absolute Gasteiger partial charge is 0.176 e. The molecule has 2 aromatic carbocycles. The highest BCUT2D eigenvalue weighted by molar-refractivity contribution is 5.98. The van der Waals surface area contributed by atoms with Crippen LogP contribution in [0.2, 0.25) is 0 Å². The van der Waals surface area contributed by atoms with Crippen LogP contribution >= 0.6 is 0 Å². The van der Waals surface area contributed by atoms with Crippen LogP contribution in [0.5, 0.6) is 0 Å². The maximum Gasteiger partial charge on any atom is 0.176 e. The van der Waals surface area contributed by atoms with E-state index in [9.17, 15) is 4.79 Å². The first-order valence-corrected chi connectivity index (χ1v) is 7.12. The van der Waals surface area contributed by atoms with E-state index in [1.54, 1.807) is 0 Å². The Morgan fingerprint density at radius 3 is 2.20 bits per heavy atom. The summed E-state index contributed by atoms with van der Waals surface area (Å²) in [7, 11) is 0. The van der Waals surface area contributed by atoms with Crippen molar-refractivity contribution in [3.8, 4) is 11.1 Å². The monoisotopic (exact) mass is 267 g/mol. The highest BCUT2D eigenvalue weighted by atomic mass is 16.1. The van der Waals surface area contributed by atoms with E-state index < -0.39 is 0 Å². The summed E-state index contributed by atoms with van der Waals surface area (Å²) < 4.78 is 0. The third kappa shape index (κ3) is 3.78. The first-order valence-electron chi connectivity index (χ1n) is 7.12. The second-order valence-corrected chi connectivity index (χ2v) is 5.06. The summed E-state index contributed by atoms with van der Waals surface area (Å²) in [4.78, 5) is 12.1. The van der Waals surface area contributed by atoms with Gasteiger partial charge in [-0.05, 0) is 24.5 Å². The summed E-state index contributed by atoms with van der Waals surface area (Å²) in [5.41, 5.74) is 3.07. The highest BCUT2D eigenvalue weighted by Gasteiger charge is 2.07. The topological polar surface area (TPSA) is 29.1 Å². The van der Waals surface area contributed by atoms with E-state index in [4.69, 9.17) is 0 Å². The van der Waals surface area contributed by atoms with Gasteiger partial charge in [-0.2, -0.15) is 0 Å². The minimum atomic E-state index is 0.143. The SMILES string of the molecule is CCC(C)NCC(=O)c1ccc(-c2ccccc2)cc1. The highest BCUT2D eigenvalue weighted by Crippen LogP contribution is 2.19. The standard InChI is InChI=1S/C18H21NO/c1-3-14(2)19-13-18(20)17-11-9-16(10-12-17)15-7-5-4-6-8-15/h4-12,14,19H,3,13H2,1-2H3. The van der Waals surface area contributed by atoms with Crippen molar-refractivity contribution in [3.63, 3.8) is 0 Å². The molecule has 20 heavy (non-hydrogen) atoms. The number of Topliss-reactive ketones (excluding diaryl/α,β-unsaturated/α-hetero) is 1. The molecule has 0 aromatic heterocycles. The minimum Gasteiger partial charge on any atom is -0.307 e. The van der Waals surface area contributed by atoms with Gasteiger partial charge in [0.15, 0.2) is 5.78 Å². The van der Waals surface area contributed by atoms with Crippen LogP contribution in [0, 0.1) is 0 Å². The summed E-state index contributed by atoms with van der Waals surface area (Å²) in [6.45, 7) is 4.60. The molecule has 0 aliphatic heterocycles. The van der Waals surface area contributed by atoms with Crippen molar-refractivity contribution in [1.29, 1.82) is 0 Å².